The third-order valence-electron chi connectivity index (χ3n) is 7.02. The maximum atomic E-state index is 13.3. The number of benzene rings is 3. The fourth-order valence-electron chi connectivity index (χ4n) is 4.92. The number of aromatic nitrogens is 1. The molecule has 0 spiro atoms. The van der Waals surface area contributed by atoms with E-state index in [9.17, 15) is 9.59 Å². The minimum Gasteiger partial charge on any atom is -0.341 e. The zero-order chi connectivity index (χ0) is 28.3. The van der Waals surface area contributed by atoms with Crippen LogP contribution in [0.5, 0.6) is 0 Å². The highest BCUT2D eigenvalue weighted by Gasteiger charge is 2.18. The summed E-state index contributed by atoms with van der Waals surface area (Å²) in [5, 5.41) is 10.3. The summed E-state index contributed by atoms with van der Waals surface area (Å²) in [6.07, 6.45) is 2.16. The molecule has 5 heteroatoms. The van der Waals surface area contributed by atoms with Crippen LogP contribution in [0.3, 0.4) is 0 Å². The molecule has 3 aromatic carbocycles. The van der Waals surface area contributed by atoms with Crippen molar-refractivity contribution in [1.29, 1.82) is 5.41 Å². The van der Waals surface area contributed by atoms with Gasteiger partial charge in [0.1, 0.15) is 0 Å². The van der Waals surface area contributed by atoms with Crippen molar-refractivity contribution in [2.24, 2.45) is 0 Å². The minimum atomic E-state index is -0.275. The second kappa shape index (κ2) is 11.8. The van der Waals surface area contributed by atoms with Gasteiger partial charge >= 0.3 is 0 Å². The van der Waals surface area contributed by atoms with Crippen molar-refractivity contribution in [3.05, 3.63) is 118 Å². The second-order valence-electron chi connectivity index (χ2n) is 9.75. The van der Waals surface area contributed by atoms with Crippen LogP contribution >= 0.6 is 11.8 Å². The molecule has 0 atom stereocenters. The molecule has 39 heavy (non-hydrogen) atoms. The second-order valence-corrected chi connectivity index (χ2v) is 10.9. The molecule has 0 saturated heterocycles. The van der Waals surface area contributed by atoms with Gasteiger partial charge in [0.2, 0.25) is 5.78 Å². The number of allylic oxidation sites excluding steroid dienone is 3. The van der Waals surface area contributed by atoms with Crippen LogP contribution in [-0.4, -0.2) is 27.6 Å². The van der Waals surface area contributed by atoms with E-state index in [0.29, 0.717) is 28.9 Å². The predicted molar refractivity (Wildman–Crippen MR) is 167 cm³/mol. The Balaban J connectivity index is 1.66. The largest absolute Gasteiger partial charge is 0.341 e. The van der Waals surface area contributed by atoms with Gasteiger partial charge in [-0.15, -0.1) is 11.8 Å². The normalized spacial score (nSPS) is 11.9. The lowest BCUT2D eigenvalue weighted by Crippen LogP contribution is -2.14. The molecule has 1 aromatic heterocycles. The standard InChI is InChI=1S/C34H34N2O2S/c1-7-22(5)34(21(3)4)39-18-17-29(35)33(38)25-14-16-31-28(20-25)27-19-24(13-15-30(27)36(31)8-2)32(37)26-12-10-9-11-23(26)6/h7,9-16,19-20,35H,1,3,8,17-18H2,2,4-6H3/b34-22+,35-29?. The number of ketones is 2. The topological polar surface area (TPSA) is 62.9 Å². The maximum Gasteiger partial charge on any atom is 0.206 e. The van der Waals surface area contributed by atoms with Gasteiger partial charge in [0.25, 0.3) is 0 Å². The average molecular weight is 535 g/mol. The summed E-state index contributed by atoms with van der Waals surface area (Å²) >= 11 is 1.60. The Labute approximate surface area is 234 Å². The molecule has 1 heterocycles. The van der Waals surface area contributed by atoms with Gasteiger partial charge in [-0.1, -0.05) is 43.5 Å². The van der Waals surface area contributed by atoms with Crippen molar-refractivity contribution in [3.8, 4) is 0 Å². The van der Waals surface area contributed by atoms with Crippen molar-refractivity contribution in [2.45, 2.75) is 40.7 Å². The van der Waals surface area contributed by atoms with Crippen molar-refractivity contribution < 1.29 is 9.59 Å². The fraction of sp³-hybridized carbons (Fsp3) is 0.206. The number of nitrogens with zero attached hydrogens (tertiary/aromatic N) is 1. The van der Waals surface area contributed by atoms with Crippen LogP contribution in [0.4, 0.5) is 0 Å². The first-order valence-electron chi connectivity index (χ1n) is 13.1. The van der Waals surface area contributed by atoms with E-state index in [1.54, 1.807) is 23.9 Å². The van der Waals surface area contributed by atoms with Crippen molar-refractivity contribution in [3.63, 3.8) is 0 Å². The van der Waals surface area contributed by atoms with Crippen LogP contribution in [0, 0.1) is 12.3 Å². The van der Waals surface area contributed by atoms with Crippen molar-refractivity contribution >= 4 is 50.8 Å². The van der Waals surface area contributed by atoms with Gasteiger partial charge in [-0.2, -0.15) is 0 Å². The number of rotatable bonds is 11. The molecule has 0 radical (unpaired) electrons. The Hall–Kier alpha value is -3.96. The molecule has 0 saturated carbocycles. The zero-order valence-electron chi connectivity index (χ0n) is 23.1. The maximum absolute atomic E-state index is 13.3. The number of carbonyl (C=O) groups excluding carboxylic acids is 2. The molecular weight excluding hydrogens is 500 g/mol. The van der Waals surface area contributed by atoms with E-state index in [4.69, 9.17) is 5.41 Å². The molecule has 0 bridgehead atoms. The van der Waals surface area contributed by atoms with Crippen LogP contribution in [0.2, 0.25) is 0 Å². The number of fused-ring (bicyclic) bond motifs is 3. The molecule has 0 unspecified atom stereocenters. The number of hydrogen-bond donors (Lipinski definition) is 1. The third kappa shape index (κ3) is 5.59. The van der Waals surface area contributed by atoms with Gasteiger partial charge in [-0.25, -0.2) is 0 Å². The summed E-state index contributed by atoms with van der Waals surface area (Å²) < 4.78 is 2.19. The first kappa shape index (κ1) is 28.1. The summed E-state index contributed by atoms with van der Waals surface area (Å²) in [5.41, 5.74) is 6.82. The number of hydrogen-bond acceptors (Lipinski definition) is 4. The van der Waals surface area contributed by atoms with E-state index in [0.717, 1.165) is 50.0 Å². The van der Waals surface area contributed by atoms with Crippen molar-refractivity contribution in [1.82, 2.24) is 4.57 Å². The van der Waals surface area contributed by atoms with E-state index < -0.39 is 0 Å². The zero-order valence-corrected chi connectivity index (χ0v) is 23.9. The van der Waals surface area contributed by atoms with E-state index in [2.05, 4.69) is 24.6 Å². The first-order chi connectivity index (χ1) is 18.7. The molecule has 4 nitrogen and oxygen atoms in total. The molecule has 0 fully saturated rings. The third-order valence-corrected chi connectivity index (χ3v) is 8.39. The lowest BCUT2D eigenvalue weighted by Gasteiger charge is -2.10. The van der Waals surface area contributed by atoms with Crippen LogP contribution in [0.15, 0.2) is 95.9 Å². The summed E-state index contributed by atoms with van der Waals surface area (Å²) in [6.45, 7) is 16.6. The number of nitrogens with one attached hydrogen (secondary N) is 1. The highest BCUT2D eigenvalue weighted by atomic mass is 32.2. The number of thioether (sulfide) groups is 1. The van der Waals surface area contributed by atoms with Crippen LogP contribution < -0.4 is 0 Å². The van der Waals surface area contributed by atoms with Gasteiger partial charge < -0.3 is 9.98 Å². The summed E-state index contributed by atoms with van der Waals surface area (Å²) in [7, 11) is 0. The number of aryl methyl sites for hydroxylation is 2. The first-order valence-corrected chi connectivity index (χ1v) is 14.1. The summed E-state index contributed by atoms with van der Waals surface area (Å²) in [6, 6.07) is 19.0. The Morgan fingerprint density at radius 3 is 2.18 bits per heavy atom. The average Bonchev–Trinajstić information content (AvgIpc) is 3.26. The van der Waals surface area contributed by atoms with Gasteiger partial charge in [0.15, 0.2) is 5.78 Å². The molecule has 4 aromatic rings. The molecule has 0 amide bonds. The van der Waals surface area contributed by atoms with Crippen LogP contribution in [0.1, 0.15) is 59.0 Å². The fourth-order valence-corrected chi connectivity index (χ4v) is 5.99. The molecule has 0 aliphatic heterocycles. The van der Waals surface area contributed by atoms with Crippen LogP contribution in [0.25, 0.3) is 21.8 Å². The quantitative estimate of drug-likeness (QED) is 0.119. The molecule has 4 rings (SSSR count). The lowest BCUT2D eigenvalue weighted by molar-refractivity contribution is 0.103. The molecule has 0 aliphatic rings. The number of Topliss-reactive ketones (excluding diaryl/α,β-unsaturated/α-hetero) is 1. The van der Waals surface area contributed by atoms with Crippen molar-refractivity contribution in [2.75, 3.05) is 5.75 Å². The highest BCUT2D eigenvalue weighted by molar-refractivity contribution is 8.03. The smallest absolute Gasteiger partial charge is 0.206 e. The Bertz CT molecular complexity index is 1690. The summed E-state index contributed by atoms with van der Waals surface area (Å²) in [4.78, 5) is 27.6. The minimum absolute atomic E-state index is 0.0196. The van der Waals surface area contributed by atoms with E-state index in [-0.39, 0.29) is 17.3 Å². The summed E-state index contributed by atoms with van der Waals surface area (Å²) in [5.74, 6) is 0.316. The molecule has 0 aliphatic carbocycles. The monoisotopic (exact) mass is 534 g/mol. The Kier molecular flexibility index (Phi) is 8.51. The molecule has 1 N–H and O–H groups in total. The van der Waals surface area contributed by atoms with E-state index in [1.807, 2.05) is 75.4 Å². The van der Waals surface area contributed by atoms with E-state index >= 15 is 0 Å². The number of carbonyl (C=O) groups is 2. The van der Waals surface area contributed by atoms with Crippen LogP contribution in [-0.2, 0) is 6.54 Å². The van der Waals surface area contributed by atoms with E-state index in [1.165, 1.54) is 0 Å². The van der Waals surface area contributed by atoms with Gasteiger partial charge in [-0.3, -0.25) is 9.59 Å². The lowest BCUT2D eigenvalue weighted by atomic mass is 9.97. The molecule has 198 valence electrons. The highest BCUT2D eigenvalue weighted by Crippen LogP contribution is 2.32. The SMILES string of the molecule is C=C/C(C)=C(/SCCC(=N)C(=O)c1ccc2c(c1)c1cc(C(=O)c3ccccc3C)ccc1n2CC)C(=C)C. The Morgan fingerprint density at radius 2 is 1.59 bits per heavy atom. The van der Waals surface area contributed by atoms with Gasteiger partial charge in [-0.05, 0) is 80.8 Å². The Morgan fingerprint density at radius 1 is 0.974 bits per heavy atom. The molecular formula is C34H34N2O2S. The predicted octanol–water partition coefficient (Wildman–Crippen LogP) is 8.72. The van der Waals surface area contributed by atoms with Gasteiger partial charge in [0.05, 0.1) is 5.71 Å². The van der Waals surface area contributed by atoms with Gasteiger partial charge in [0, 0.05) is 62.1 Å².